The molecule has 2 heterocycles. The third kappa shape index (κ3) is 4.27. The van der Waals surface area contributed by atoms with Crippen molar-refractivity contribution in [2.45, 2.75) is 52.9 Å². The summed E-state index contributed by atoms with van der Waals surface area (Å²) in [6.07, 6.45) is 1.52. The molecule has 0 bridgehead atoms. The lowest BCUT2D eigenvalue weighted by molar-refractivity contribution is -0.122. The standard InChI is InChI=1S/C21H26N6O4/c1-6-9-25-19(30)15-8-7-14(18(29)23-13(4)5)10-16(15)27-20(25)24-26(21(27)31)11-17(28)22-12(2)3/h6-8,10,12-13H,1,9,11H2,2-5H3,(H,22,28)(H,23,29). The summed E-state index contributed by atoms with van der Waals surface area (Å²) in [6.45, 7) is 10.8. The molecule has 10 heteroatoms. The van der Waals surface area contributed by atoms with Crippen LogP contribution in [0.1, 0.15) is 38.1 Å². The number of aromatic nitrogens is 4. The normalized spacial score (nSPS) is 11.4. The van der Waals surface area contributed by atoms with Crippen LogP contribution in [-0.4, -0.2) is 42.6 Å². The summed E-state index contributed by atoms with van der Waals surface area (Å²) in [7, 11) is 0. The molecule has 0 fully saturated rings. The van der Waals surface area contributed by atoms with E-state index in [9.17, 15) is 19.2 Å². The minimum absolute atomic E-state index is 0.0705. The molecule has 0 radical (unpaired) electrons. The van der Waals surface area contributed by atoms with E-state index in [0.717, 1.165) is 4.68 Å². The number of amides is 2. The predicted octanol–water partition coefficient (Wildman–Crippen LogP) is 0.660. The molecule has 0 atom stereocenters. The molecule has 0 aliphatic heterocycles. The highest BCUT2D eigenvalue weighted by atomic mass is 16.2. The molecular formula is C21H26N6O4. The first-order valence-corrected chi connectivity index (χ1v) is 10.0. The van der Waals surface area contributed by atoms with Gasteiger partial charge in [0, 0.05) is 24.2 Å². The highest BCUT2D eigenvalue weighted by molar-refractivity contribution is 5.98. The Morgan fingerprint density at radius 2 is 1.81 bits per heavy atom. The summed E-state index contributed by atoms with van der Waals surface area (Å²) < 4.78 is 3.56. The molecule has 0 saturated carbocycles. The topological polar surface area (TPSA) is 120 Å². The Morgan fingerprint density at radius 3 is 2.42 bits per heavy atom. The van der Waals surface area contributed by atoms with Gasteiger partial charge in [0.15, 0.2) is 0 Å². The fourth-order valence-corrected chi connectivity index (χ4v) is 3.30. The summed E-state index contributed by atoms with van der Waals surface area (Å²) in [6, 6.07) is 4.37. The summed E-state index contributed by atoms with van der Waals surface area (Å²) in [4.78, 5) is 50.8. The average molecular weight is 426 g/mol. The first-order valence-electron chi connectivity index (χ1n) is 10.0. The lowest BCUT2D eigenvalue weighted by atomic mass is 10.1. The largest absolute Gasteiger partial charge is 0.352 e. The molecule has 164 valence electrons. The first-order chi connectivity index (χ1) is 14.6. The summed E-state index contributed by atoms with van der Waals surface area (Å²) in [5.41, 5.74) is -0.405. The number of hydrogen-bond donors (Lipinski definition) is 2. The Hall–Kier alpha value is -3.69. The van der Waals surface area contributed by atoms with Crippen LogP contribution in [0, 0.1) is 0 Å². The molecule has 1 aromatic carbocycles. The molecule has 0 saturated heterocycles. The second-order valence-corrected chi connectivity index (χ2v) is 7.86. The SMILES string of the molecule is C=CCn1c(=O)c2ccc(C(=O)NC(C)C)cc2n2c(=O)n(CC(=O)NC(C)C)nc12. The number of hydrogen-bond acceptors (Lipinski definition) is 5. The minimum Gasteiger partial charge on any atom is -0.352 e. The molecule has 0 unspecified atom stereocenters. The predicted molar refractivity (Wildman–Crippen MR) is 117 cm³/mol. The van der Waals surface area contributed by atoms with Crippen LogP contribution < -0.4 is 21.9 Å². The maximum Gasteiger partial charge on any atom is 0.352 e. The smallest absolute Gasteiger partial charge is 0.352 e. The zero-order valence-corrected chi connectivity index (χ0v) is 18.0. The van der Waals surface area contributed by atoms with Gasteiger partial charge in [-0.15, -0.1) is 11.7 Å². The third-order valence-corrected chi connectivity index (χ3v) is 4.51. The Bertz CT molecular complexity index is 1300. The van der Waals surface area contributed by atoms with Crippen molar-refractivity contribution >= 4 is 28.5 Å². The van der Waals surface area contributed by atoms with Crippen molar-refractivity contribution in [3.63, 3.8) is 0 Å². The van der Waals surface area contributed by atoms with E-state index in [1.807, 2.05) is 27.7 Å². The molecule has 3 aromatic rings. The number of carbonyl (C=O) groups is 2. The van der Waals surface area contributed by atoms with Gasteiger partial charge in [0.05, 0.1) is 10.9 Å². The molecule has 10 nitrogen and oxygen atoms in total. The number of benzene rings is 1. The van der Waals surface area contributed by atoms with Gasteiger partial charge in [-0.3, -0.25) is 19.0 Å². The molecule has 0 aliphatic rings. The van der Waals surface area contributed by atoms with Crippen molar-refractivity contribution in [1.29, 1.82) is 0 Å². The fraction of sp³-hybridized carbons (Fsp3) is 0.381. The molecular weight excluding hydrogens is 400 g/mol. The van der Waals surface area contributed by atoms with Gasteiger partial charge in [0.2, 0.25) is 11.7 Å². The Balaban J connectivity index is 2.28. The van der Waals surface area contributed by atoms with Crippen molar-refractivity contribution in [3.05, 3.63) is 57.3 Å². The summed E-state index contributed by atoms with van der Waals surface area (Å²) >= 11 is 0. The zero-order valence-electron chi connectivity index (χ0n) is 18.0. The maximum absolute atomic E-state index is 13.1. The van der Waals surface area contributed by atoms with Gasteiger partial charge in [0.1, 0.15) is 6.54 Å². The quantitative estimate of drug-likeness (QED) is 0.538. The number of nitrogens with zero attached hydrogens (tertiary/aromatic N) is 4. The van der Waals surface area contributed by atoms with Crippen molar-refractivity contribution in [2.24, 2.45) is 0 Å². The lowest BCUT2D eigenvalue weighted by Gasteiger charge is -2.11. The van der Waals surface area contributed by atoms with Crippen LogP contribution in [0.25, 0.3) is 16.7 Å². The van der Waals surface area contributed by atoms with Crippen molar-refractivity contribution < 1.29 is 9.59 Å². The molecule has 31 heavy (non-hydrogen) atoms. The van der Waals surface area contributed by atoms with Crippen LogP contribution >= 0.6 is 0 Å². The number of allylic oxidation sites excluding steroid dienone is 1. The molecule has 0 aliphatic carbocycles. The average Bonchev–Trinajstić information content (AvgIpc) is 2.99. The van der Waals surface area contributed by atoms with Gasteiger partial charge in [-0.1, -0.05) is 6.08 Å². The molecule has 3 rings (SSSR count). The van der Waals surface area contributed by atoms with Gasteiger partial charge in [-0.05, 0) is 45.9 Å². The fourth-order valence-electron chi connectivity index (χ4n) is 3.30. The van der Waals surface area contributed by atoms with Gasteiger partial charge in [0.25, 0.3) is 11.5 Å². The highest BCUT2D eigenvalue weighted by Crippen LogP contribution is 2.14. The van der Waals surface area contributed by atoms with Crippen LogP contribution in [0.15, 0.2) is 40.4 Å². The zero-order chi connectivity index (χ0) is 22.9. The van der Waals surface area contributed by atoms with Crippen LogP contribution in [0.2, 0.25) is 0 Å². The van der Waals surface area contributed by atoms with Crippen molar-refractivity contribution in [1.82, 2.24) is 29.4 Å². The van der Waals surface area contributed by atoms with Crippen LogP contribution in [-0.2, 0) is 17.9 Å². The number of nitrogens with one attached hydrogen (secondary N) is 2. The third-order valence-electron chi connectivity index (χ3n) is 4.51. The van der Waals surface area contributed by atoms with Crippen LogP contribution in [0.3, 0.4) is 0 Å². The van der Waals surface area contributed by atoms with Gasteiger partial charge in [-0.25, -0.2) is 13.9 Å². The van der Waals surface area contributed by atoms with Crippen LogP contribution in [0.4, 0.5) is 0 Å². The summed E-state index contributed by atoms with van der Waals surface area (Å²) in [5, 5.41) is 9.98. The van der Waals surface area contributed by atoms with E-state index in [2.05, 4.69) is 22.3 Å². The molecule has 2 amide bonds. The Morgan fingerprint density at radius 1 is 1.13 bits per heavy atom. The van der Waals surface area contributed by atoms with Crippen LogP contribution in [0.5, 0.6) is 0 Å². The van der Waals surface area contributed by atoms with E-state index in [-0.39, 0.29) is 59.2 Å². The minimum atomic E-state index is -0.585. The number of carbonyl (C=O) groups excluding carboxylic acids is 2. The second-order valence-electron chi connectivity index (χ2n) is 7.86. The maximum atomic E-state index is 13.1. The van der Waals surface area contributed by atoms with E-state index in [0.29, 0.717) is 5.56 Å². The molecule has 2 N–H and O–H groups in total. The van der Waals surface area contributed by atoms with E-state index in [4.69, 9.17) is 0 Å². The first kappa shape index (κ1) is 22.0. The van der Waals surface area contributed by atoms with E-state index in [1.54, 1.807) is 0 Å². The van der Waals surface area contributed by atoms with Crippen molar-refractivity contribution in [3.8, 4) is 0 Å². The molecule has 2 aromatic heterocycles. The van der Waals surface area contributed by atoms with Gasteiger partial charge < -0.3 is 10.6 Å². The van der Waals surface area contributed by atoms with E-state index >= 15 is 0 Å². The number of rotatable bonds is 7. The lowest BCUT2D eigenvalue weighted by Crippen LogP contribution is -2.36. The summed E-state index contributed by atoms with van der Waals surface area (Å²) in [5.74, 6) is -0.627. The Kier molecular flexibility index (Phi) is 6.09. The highest BCUT2D eigenvalue weighted by Gasteiger charge is 2.20. The van der Waals surface area contributed by atoms with Crippen molar-refractivity contribution in [2.75, 3.05) is 0 Å². The van der Waals surface area contributed by atoms with Gasteiger partial charge in [-0.2, -0.15) is 0 Å². The number of fused-ring (bicyclic) bond motifs is 3. The second kappa shape index (κ2) is 8.58. The van der Waals surface area contributed by atoms with E-state index < -0.39 is 5.69 Å². The molecule has 0 spiro atoms. The van der Waals surface area contributed by atoms with E-state index in [1.165, 1.54) is 33.2 Å². The monoisotopic (exact) mass is 426 g/mol. The van der Waals surface area contributed by atoms with Gasteiger partial charge >= 0.3 is 5.69 Å². The Labute approximate surface area is 178 Å².